The maximum Gasteiger partial charge on any atom is 0.268 e. The van der Waals surface area contributed by atoms with Crippen LogP contribution in [-0.2, 0) is 4.74 Å². The van der Waals surface area contributed by atoms with Crippen LogP contribution < -0.4 is 5.32 Å². The molecule has 1 amide bonds. The lowest BCUT2D eigenvalue weighted by atomic mass is 10.2. The second kappa shape index (κ2) is 7.11. The van der Waals surface area contributed by atoms with Gasteiger partial charge in [-0.05, 0) is 30.3 Å². The Bertz CT molecular complexity index is 958. The summed E-state index contributed by atoms with van der Waals surface area (Å²) in [6.07, 6.45) is 1.42. The summed E-state index contributed by atoms with van der Waals surface area (Å²) in [6.45, 7) is 7.75. The van der Waals surface area contributed by atoms with E-state index in [2.05, 4.69) is 15.1 Å². The molecule has 0 saturated heterocycles. The van der Waals surface area contributed by atoms with E-state index in [4.69, 9.17) is 11.3 Å². The van der Waals surface area contributed by atoms with Crippen LogP contribution in [0.3, 0.4) is 0 Å². The van der Waals surface area contributed by atoms with Crippen molar-refractivity contribution in [3.63, 3.8) is 0 Å². The number of nitrogens with one attached hydrogen (secondary N) is 1. The standard InChI is InChI=1S/C18H15FN4O2/c1-20-14-5-6-17(22-11-14)23-15-10-13(19)4-3-12(15)9-16(23)18(24)21-7-8-25-2/h3-6,9-11H,7-8H2,2H3,(H,21,24). The third-order valence-corrected chi connectivity index (χ3v) is 3.68. The van der Waals surface area contributed by atoms with Crippen molar-refractivity contribution >= 4 is 22.5 Å². The Balaban J connectivity index is 2.12. The number of aromatic nitrogens is 2. The highest BCUT2D eigenvalue weighted by Gasteiger charge is 2.18. The van der Waals surface area contributed by atoms with E-state index in [0.717, 1.165) is 0 Å². The van der Waals surface area contributed by atoms with Gasteiger partial charge in [0.25, 0.3) is 5.91 Å². The quantitative estimate of drug-likeness (QED) is 0.574. The van der Waals surface area contributed by atoms with E-state index in [-0.39, 0.29) is 5.91 Å². The van der Waals surface area contributed by atoms with Crippen molar-refractivity contribution in [2.45, 2.75) is 0 Å². The van der Waals surface area contributed by atoms with Crippen LogP contribution in [0.15, 0.2) is 42.6 Å². The number of pyridine rings is 1. The molecule has 0 saturated carbocycles. The van der Waals surface area contributed by atoms with Crippen LogP contribution >= 0.6 is 0 Å². The fourth-order valence-electron chi connectivity index (χ4n) is 2.52. The molecule has 0 aliphatic heterocycles. The van der Waals surface area contributed by atoms with Gasteiger partial charge in [-0.3, -0.25) is 14.3 Å². The number of fused-ring (bicyclic) bond motifs is 1. The number of carbonyl (C=O) groups is 1. The van der Waals surface area contributed by atoms with Crippen molar-refractivity contribution in [1.82, 2.24) is 14.9 Å². The molecule has 2 aromatic heterocycles. The van der Waals surface area contributed by atoms with Gasteiger partial charge in [0, 0.05) is 25.2 Å². The van der Waals surface area contributed by atoms with E-state index in [0.29, 0.717) is 41.3 Å². The van der Waals surface area contributed by atoms with Gasteiger partial charge < -0.3 is 10.1 Å². The molecule has 0 aliphatic carbocycles. The van der Waals surface area contributed by atoms with E-state index in [1.165, 1.54) is 18.3 Å². The molecular weight excluding hydrogens is 323 g/mol. The van der Waals surface area contributed by atoms with Crippen molar-refractivity contribution in [2.24, 2.45) is 0 Å². The highest BCUT2D eigenvalue weighted by atomic mass is 19.1. The molecule has 25 heavy (non-hydrogen) atoms. The average molecular weight is 338 g/mol. The lowest BCUT2D eigenvalue weighted by Crippen LogP contribution is -2.28. The lowest BCUT2D eigenvalue weighted by Gasteiger charge is -2.10. The third kappa shape index (κ3) is 3.34. The molecule has 0 fully saturated rings. The van der Waals surface area contributed by atoms with Gasteiger partial charge >= 0.3 is 0 Å². The number of nitrogens with zero attached hydrogens (tertiary/aromatic N) is 3. The Kier molecular flexibility index (Phi) is 4.73. The van der Waals surface area contributed by atoms with Crippen LogP contribution in [0.25, 0.3) is 21.6 Å². The molecule has 0 atom stereocenters. The third-order valence-electron chi connectivity index (χ3n) is 3.68. The molecule has 1 aromatic carbocycles. The smallest absolute Gasteiger partial charge is 0.268 e. The topological polar surface area (TPSA) is 60.5 Å². The zero-order valence-electron chi connectivity index (χ0n) is 13.5. The Hall–Kier alpha value is -3.24. The predicted octanol–water partition coefficient (Wildman–Crippen LogP) is 3.09. The average Bonchev–Trinajstić information content (AvgIpc) is 3.00. The number of hydrogen-bond acceptors (Lipinski definition) is 3. The van der Waals surface area contributed by atoms with Crippen LogP contribution in [0, 0.1) is 12.4 Å². The van der Waals surface area contributed by atoms with Crippen molar-refractivity contribution < 1.29 is 13.9 Å². The first-order valence-corrected chi connectivity index (χ1v) is 7.56. The zero-order chi connectivity index (χ0) is 17.8. The van der Waals surface area contributed by atoms with Gasteiger partial charge in [0.2, 0.25) is 5.69 Å². The minimum absolute atomic E-state index is 0.315. The fourth-order valence-corrected chi connectivity index (χ4v) is 2.52. The molecule has 0 bridgehead atoms. The first-order valence-electron chi connectivity index (χ1n) is 7.56. The highest BCUT2D eigenvalue weighted by molar-refractivity contribution is 5.99. The summed E-state index contributed by atoms with van der Waals surface area (Å²) in [5.74, 6) is -0.287. The molecule has 1 N–H and O–H groups in total. The van der Waals surface area contributed by atoms with E-state index < -0.39 is 5.82 Å². The summed E-state index contributed by atoms with van der Waals surface area (Å²) >= 11 is 0. The van der Waals surface area contributed by atoms with Crippen molar-refractivity contribution in [3.05, 3.63) is 65.5 Å². The second-order valence-electron chi connectivity index (χ2n) is 5.30. The summed E-state index contributed by atoms with van der Waals surface area (Å²) in [5.41, 5.74) is 1.25. The van der Waals surface area contributed by atoms with Gasteiger partial charge in [-0.25, -0.2) is 9.24 Å². The minimum Gasteiger partial charge on any atom is -0.383 e. The van der Waals surface area contributed by atoms with Crippen LogP contribution in [0.1, 0.15) is 10.5 Å². The Morgan fingerprint density at radius 2 is 2.20 bits per heavy atom. The molecule has 0 aliphatic rings. The molecule has 3 aromatic rings. The number of hydrogen-bond donors (Lipinski definition) is 1. The number of amides is 1. The number of methoxy groups -OCH3 is 1. The highest BCUT2D eigenvalue weighted by Crippen LogP contribution is 2.25. The summed E-state index contributed by atoms with van der Waals surface area (Å²) in [6, 6.07) is 9.22. The summed E-state index contributed by atoms with van der Waals surface area (Å²) in [7, 11) is 1.55. The molecular formula is C18H15FN4O2. The lowest BCUT2D eigenvalue weighted by molar-refractivity contribution is 0.0930. The van der Waals surface area contributed by atoms with Crippen LogP contribution in [-0.4, -0.2) is 35.7 Å². The number of rotatable bonds is 5. The molecule has 2 heterocycles. The number of ether oxygens (including phenoxy) is 1. The normalized spacial score (nSPS) is 10.6. The van der Waals surface area contributed by atoms with Gasteiger partial charge in [0.1, 0.15) is 17.3 Å². The van der Waals surface area contributed by atoms with E-state index in [9.17, 15) is 9.18 Å². The Morgan fingerprint density at radius 1 is 1.36 bits per heavy atom. The predicted molar refractivity (Wildman–Crippen MR) is 91.5 cm³/mol. The van der Waals surface area contributed by atoms with Gasteiger partial charge in [-0.15, -0.1) is 0 Å². The van der Waals surface area contributed by atoms with Crippen LogP contribution in [0.2, 0.25) is 0 Å². The summed E-state index contributed by atoms with van der Waals surface area (Å²) in [4.78, 5) is 20.1. The molecule has 3 rings (SSSR count). The number of benzene rings is 1. The van der Waals surface area contributed by atoms with E-state index in [1.807, 2.05) is 0 Å². The van der Waals surface area contributed by atoms with Crippen molar-refractivity contribution in [1.29, 1.82) is 0 Å². The molecule has 7 heteroatoms. The van der Waals surface area contributed by atoms with Crippen molar-refractivity contribution in [3.8, 4) is 5.82 Å². The maximum atomic E-state index is 13.7. The summed E-state index contributed by atoms with van der Waals surface area (Å²) < 4.78 is 20.2. The Morgan fingerprint density at radius 3 is 2.88 bits per heavy atom. The van der Waals surface area contributed by atoms with Crippen LogP contribution in [0.4, 0.5) is 10.1 Å². The van der Waals surface area contributed by atoms with Gasteiger partial charge in [-0.2, -0.15) is 0 Å². The second-order valence-corrected chi connectivity index (χ2v) is 5.30. The minimum atomic E-state index is -0.407. The molecule has 6 nitrogen and oxygen atoms in total. The van der Waals surface area contributed by atoms with Gasteiger partial charge in [0.15, 0.2) is 0 Å². The molecule has 0 radical (unpaired) electrons. The fraction of sp³-hybridized carbons (Fsp3) is 0.167. The van der Waals surface area contributed by atoms with E-state index >= 15 is 0 Å². The van der Waals surface area contributed by atoms with Gasteiger partial charge in [0.05, 0.1) is 18.7 Å². The number of halogens is 1. The molecule has 0 spiro atoms. The van der Waals surface area contributed by atoms with Gasteiger partial charge in [-0.1, -0.05) is 6.07 Å². The first-order chi connectivity index (χ1) is 12.1. The summed E-state index contributed by atoms with van der Waals surface area (Å²) in [5, 5.41) is 3.47. The molecule has 126 valence electrons. The van der Waals surface area contributed by atoms with E-state index in [1.54, 1.807) is 35.9 Å². The first kappa shape index (κ1) is 16.6. The maximum absolute atomic E-state index is 13.7. The Labute approximate surface area is 143 Å². The van der Waals surface area contributed by atoms with Crippen molar-refractivity contribution in [2.75, 3.05) is 20.3 Å². The largest absolute Gasteiger partial charge is 0.383 e. The monoisotopic (exact) mass is 338 g/mol. The molecule has 0 unspecified atom stereocenters. The SMILES string of the molecule is [C-]#[N+]c1ccc(-n2c(C(=O)NCCOC)cc3ccc(F)cc32)nc1. The van der Waals surface area contributed by atoms with Crippen LogP contribution in [0.5, 0.6) is 0 Å². The zero-order valence-corrected chi connectivity index (χ0v) is 13.5. The number of carbonyl (C=O) groups excluding carboxylic acids is 1.